The first-order valence-electron chi connectivity index (χ1n) is 4.01. The normalized spacial score (nSPS) is 29.5. The molecule has 1 aliphatic rings. The van der Waals surface area contributed by atoms with Crippen LogP contribution in [0, 0.1) is 0 Å². The van der Waals surface area contributed by atoms with Crippen molar-refractivity contribution in [3.8, 4) is 0 Å². The van der Waals surface area contributed by atoms with Gasteiger partial charge in [-0.1, -0.05) is 5.21 Å². The van der Waals surface area contributed by atoms with Crippen molar-refractivity contribution in [3.05, 3.63) is 11.9 Å². The molecule has 5 heteroatoms. The fraction of sp³-hybridized carbons (Fsp3) is 0.714. The second-order valence-electron chi connectivity index (χ2n) is 3.24. The van der Waals surface area contributed by atoms with Gasteiger partial charge < -0.3 is 10.4 Å². The number of aliphatic hydroxyl groups is 1. The van der Waals surface area contributed by atoms with E-state index in [0.29, 0.717) is 18.7 Å². The molecule has 1 aromatic heterocycles. The highest BCUT2D eigenvalue weighted by Crippen LogP contribution is 2.24. The number of hydrogen-bond acceptors (Lipinski definition) is 4. The molecule has 0 aromatic carbocycles. The topological polar surface area (TPSA) is 63.0 Å². The fourth-order valence-corrected chi connectivity index (χ4v) is 1.46. The SMILES string of the molecule is Cn1cc(C2(O)CCNC2)nn1. The third-order valence-electron chi connectivity index (χ3n) is 2.21. The zero-order valence-corrected chi connectivity index (χ0v) is 6.99. The van der Waals surface area contributed by atoms with Gasteiger partial charge in [0.2, 0.25) is 0 Å². The van der Waals surface area contributed by atoms with E-state index in [1.807, 2.05) is 0 Å². The van der Waals surface area contributed by atoms with Gasteiger partial charge in [0, 0.05) is 13.6 Å². The van der Waals surface area contributed by atoms with Crippen molar-refractivity contribution in [2.45, 2.75) is 12.0 Å². The van der Waals surface area contributed by atoms with E-state index >= 15 is 0 Å². The Balaban J connectivity index is 2.28. The van der Waals surface area contributed by atoms with E-state index in [1.54, 1.807) is 17.9 Å². The summed E-state index contributed by atoms with van der Waals surface area (Å²) in [5.41, 5.74) is -0.135. The number of hydrogen-bond donors (Lipinski definition) is 2. The van der Waals surface area contributed by atoms with Crippen LogP contribution in [0.3, 0.4) is 0 Å². The monoisotopic (exact) mass is 168 g/mol. The summed E-state index contributed by atoms with van der Waals surface area (Å²) in [5, 5.41) is 20.8. The van der Waals surface area contributed by atoms with E-state index < -0.39 is 5.60 Å². The highest BCUT2D eigenvalue weighted by Gasteiger charge is 2.35. The summed E-state index contributed by atoms with van der Waals surface area (Å²) in [6, 6.07) is 0. The molecular weight excluding hydrogens is 156 g/mol. The molecule has 1 fully saturated rings. The maximum Gasteiger partial charge on any atom is 0.123 e. The Labute approximate surface area is 70.4 Å². The molecule has 0 aliphatic carbocycles. The van der Waals surface area contributed by atoms with Gasteiger partial charge in [-0.2, -0.15) is 0 Å². The van der Waals surface area contributed by atoms with Crippen LogP contribution in [0.15, 0.2) is 6.20 Å². The van der Waals surface area contributed by atoms with Crippen molar-refractivity contribution < 1.29 is 5.11 Å². The smallest absolute Gasteiger partial charge is 0.123 e. The fourth-order valence-electron chi connectivity index (χ4n) is 1.46. The van der Waals surface area contributed by atoms with E-state index in [0.717, 1.165) is 6.54 Å². The second kappa shape index (κ2) is 2.53. The van der Waals surface area contributed by atoms with Crippen LogP contribution in [0.2, 0.25) is 0 Å². The Morgan fingerprint density at radius 2 is 2.58 bits per heavy atom. The molecule has 5 nitrogen and oxygen atoms in total. The van der Waals surface area contributed by atoms with Crippen LogP contribution in [0.5, 0.6) is 0 Å². The molecule has 1 unspecified atom stereocenters. The molecule has 12 heavy (non-hydrogen) atoms. The Bertz CT molecular complexity index is 277. The minimum Gasteiger partial charge on any atom is -0.382 e. The van der Waals surface area contributed by atoms with Gasteiger partial charge in [-0.15, -0.1) is 5.10 Å². The van der Waals surface area contributed by atoms with Gasteiger partial charge in [-0.3, -0.25) is 4.68 Å². The summed E-state index contributed by atoms with van der Waals surface area (Å²) < 4.78 is 1.60. The molecular formula is C7H12N4O. The van der Waals surface area contributed by atoms with Gasteiger partial charge in [-0.25, -0.2) is 0 Å². The number of nitrogens with one attached hydrogen (secondary N) is 1. The second-order valence-corrected chi connectivity index (χ2v) is 3.24. The van der Waals surface area contributed by atoms with Crippen LogP contribution in [-0.4, -0.2) is 33.2 Å². The van der Waals surface area contributed by atoms with Gasteiger partial charge in [-0.05, 0) is 13.0 Å². The molecule has 2 heterocycles. The molecule has 0 radical (unpaired) electrons. The van der Waals surface area contributed by atoms with E-state index in [2.05, 4.69) is 15.6 Å². The lowest BCUT2D eigenvalue weighted by Gasteiger charge is -2.16. The summed E-state index contributed by atoms with van der Waals surface area (Å²) >= 11 is 0. The molecule has 2 rings (SSSR count). The van der Waals surface area contributed by atoms with Crippen LogP contribution < -0.4 is 5.32 Å². The zero-order valence-electron chi connectivity index (χ0n) is 6.99. The first-order chi connectivity index (χ1) is 5.71. The highest BCUT2D eigenvalue weighted by molar-refractivity contribution is 5.10. The van der Waals surface area contributed by atoms with Crippen LogP contribution >= 0.6 is 0 Å². The molecule has 0 saturated carbocycles. The Morgan fingerprint density at radius 1 is 1.75 bits per heavy atom. The quantitative estimate of drug-likeness (QED) is 0.564. The third kappa shape index (κ3) is 1.11. The molecule has 2 N–H and O–H groups in total. The summed E-state index contributed by atoms with van der Waals surface area (Å²) in [7, 11) is 1.79. The first-order valence-corrected chi connectivity index (χ1v) is 4.01. The van der Waals surface area contributed by atoms with Crippen molar-refractivity contribution in [2.24, 2.45) is 7.05 Å². The highest BCUT2D eigenvalue weighted by atomic mass is 16.3. The number of aryl methyl sites for hydroxylation is 1. The molecule has 1 aliphatic heterocycles. The Morgan fingerprint density at radius 3 is 3.08 bits per heavy atom. The minimum absolute atomic E-state index is 0.575. The van der Waals surface area contributed by atoms with Crippen molar-refractivity contribution in [1.29, 1.82) is 0 Å². The minimum atomic E-state index is -0.797. The number of nitrogens with zero attached hydrogens (tertiary/aromatic N) is 3. The summed E-state index contributed by atoms with van der Waals surface area (Å²) in [4.78, 5) is 0. The Hall–Kier alpha value is -0.940. The molecule has 66 valence electrons. The van der Waals surface area contributed by atoms with Crippen LogP contribution in [0.4, 0.5) is 0 Å². The van der Waals surface area contributed by atoms with Crippen LogP contribution in [0.1, 0.15) is 12.1 Å². The third-order valence-corrected chi connectivity index (χ3v) is 2.21. The van der Waals surface area contributed by atoms with Crippen LogP contribution in [0.25, 0.3) is 0 Å². The van der Waals surface area contributed by atoms with Gasteiger partial charge in [0.25, 0.3) is 0 Å². The lowest BCUT2D eigenvalue weighted by atomic mass is 10.0. The van der Waals surface area contributed by atoms with E-state index in [1.165, 1.54) is 0 Å². The van der Waals surface area contributed by atoms with Crippen molar-refractivity contribution >= 4 is 0 Å². The maximum absolute atomic E-state index is 10.00. The van der Waals surface area contributed by atoms with Crippen molar-refractivity contribution in [1.82, 2.24) is 20.3 Å². The number of rotatable bonds is 1. The lowest BCUT2D eigenvalue weighted by Crippen LogP contribution is -2.28. The van der Waals surface area contributed by atoms with Gasteiger partial charge in [0.15, 0.2) is 0 Å². The lowest BCUT2D eigenvalue weighted by molar-refractivity contribution is 0.0540. The molecule has 0 spiro atoms. The van der Waals surface area contributed by atoms with Gasteiger partial charge in [0.05, 0.1) is 6.20 Å². The summed E-state index contributed by atoms with van der Waals surface area (Å²) in [6.07, 6.45) is 2.47. The summed E-state index contributed by atoms with van der Waals surface area (Å²) in [5.74, 6) is 0. The average molecular weight is 168 g/mol. The average Bonchev–Trinajstić information content (AvgIpc) is 2.59. The first kappa shape index (κ1) is 7.70. The summed E-state index contributed by atoms with van der Waals surface area (Å²) in [6.45, 7) is 1.42. The molecule has 0 bridgehead atoms. The van der Waals surface area contributed by atoms with Crippen molar-refractivity contribution in [3.63, 3.8) is 0 Å². The predicted molar refractivity (Wildman–Crippen MR) is 42.4 cm³/mol. The van der Waals surface area contributed by atoms with Crippen LogP contribution in [-0.2, 0) is 12.6 Å². The Kier molecular flexibility index (Phi) is 1.62. The van der Waals surface area contributed by atoms with E-state index in [9.17, 15) is 5.11 Å². The number of aromatic nitrogens is 3. The van der Waals surface area contributed by atoms with E-state index in [-0.39, 0.29) is 0 Å². The molecule has 1 saturated heterocycles. The number of β-amino-alcohol motifs (C(OH)–C–C–N with tert-alkyl or cyclic N) is 1. The van der Waals surface area contributed by atoms with Crippen molar-refractivity contribution in [2.75, 3.05) is 13.1 Å². The zero-order chi connectivity index (χ0) is 8.60. The molecule has 1 atom stereocenters. The molecule has 1 aromatic rings. The van der Waals surface area contributed by atoms with E-state index in [4.69, 9.17) is 0 Å². The molecule has 0 amide bonds. The van der Waals surface area contributed by atoms with Gasteiger partial charge >= 0.3 is 0 Å². The largest absolute Gasteiger partial charge is 0.382 e. The maximum atomic E-state index is 10.00. The predicted octanol–water partition coefficient (Wildman–Crippen LogP) is -1.00. The van der Waals surface area contributed by atoms with Gasteiger partial charge in [0.1, 0.15) is 11.3 Å². The standard InChI is InChI=1S/C7H12N4O/c1-11-4-6(9-10-11)7(12)2-3-8-5-7/h4,8,12H,2-3,5H2,1H3.